The van der Waals surface area contributed by atoms with Crippen molar-refractivity contribution >= 4 is 58.1 Å². The van der Waals surface area contributed by atoms with Crippen LogP contribution in [0.3, 0.4) is 0 Å². The Morgan fingerprint density at radius 2 is 1.86 bits per heavy atom. The van der Waals surface area contributed by atoms with Gasteiger partial charge in [-0.3, -0.25) is 14.6 Å². The number of nitrogens with zero attached hydrogens (tertiary/aromatic N) is 1. The van der Waals surface area contributed by atoms with Crippen molar-refractivity contribution in [3.05, 3.63) is 58.3 Å². The van der Waals surface area contributed by atoms with E-state index < -0.39 is 0 Å². The second-order valence-corrected chi connectivity index (χ2v) is 4.90. The molecule has 8 heteroatoms. The number of nitrogens with one attached hydrogen (secondary N) is 1. The van der Waals surface area contributed by atoms with Crippen LogP contribution in [0, 0.1) is 0 Å². The summed E-state index contributed by atoms with van der Waals surface area (Å²) in [5.41, 5.74) is 6.36. The van der Waals surface area contributed by atoms with Gasteiger partial charge in [0.05, 0.1) is 12.2 Å². The lowest BCUT2D eigenvalue weighted by Crippen LogP contribution is -2.23. The zero-order chi connectivity index (χ0) is 14.5. The Bertz CT molecular complexity index is 668. The molecule has 0 fully saturated rings. The molecule has 0 aliphatic heterocycles. The molecule has 0 saturated carbocycles. The summed E-state index contributed by atoms with van der Waals surface area (Å²) in [6.07, 6.45) is 1.54. The number of halogens is 3. The molecule has 5 nitrogen and oxygen atoms in total. The van der Waals surface area contributed by atoms with Crippen molar-refractivity contribution < 1.29 is 9.59 Å². The van der Waals surface area contributed by atoms with Crippen molar-refractivity contribution in [1.29, 1.82) is 0 Å². The van der Waals surface area contributed by atoms with Crippen LogP contribution in [0.2, 0.25) is 0 Å². The molecule has 0 spiro atoms. The molecule has 0 unspecified atom stereocenters. The number of aromatic nitrogens is 1. The monoisotopic (exact) mass is 405 g/mol. The van der Waals surface area contributed by atoms with Crippen molar-refractivity contribution in [1.82, 2.24) is 4.98 Å². The minimum Gasteiger partial charge on any atom is -0.324 e. The molecule has 1 aromatic heterocycles. The summed E-state index contributed by atoms with van der Waals surface area (Å²) in [5, 5.41) is 2.60. The summed E-state index contributed by atoms with van der Waals surface area (Å²) in [5.74, 6) is -0.619. The predicted octanol–water partition coefficient (Wildman–Crippen LogP) is 2.82. The third-order valence-electron chi connectivity index (χ3n) is 2.59. The fraction of sp³-hybridized carbons (Fsp3) is 0.0714. The lowest BCUT2D eigenvalue weighted by Gasteiger charge is -2.09. The van der Waals surface area contributed by atoms with Gasteiger partial charge in [-0.05, 0) is 24.3 Å². The maximum Gasteiger partial charge on any atom is 0.238 e. The number of ketones is 1. The first kappa shape index (κ1) is 20.5. The molecule has 1 amide bonds. The average Bonchev–Trinajstić information content (AvgIpc) is 2.47. The number of para-hydroxylation sites is 1. The normalized spacial score (nSPS) is 9.18. The number of carbonyl (C=O) groups is 2. The van der Waals surface area contributed by atoms with Crippen LogP contribution in [0.5, 0.6) is 0 Å². The van der Waals surface area contributed by atoms with Gasteiger partial charge in [0, 0.05) is 16.2 Å². The van der Waals surface area contributed by atoms with E-state index in [-0.39, 0.29) is 43.0 Å². The molecule has 0 aliphatic carbocycles. The van der Waals surface area contributed by atoms with E-state index in [1.165, 1.54) is 0 Å². The molecule has 0 saturated heterocycles. The molecule has 0 bridgehead atoms. The number of rotatable bonds is 4. The van der Waals surface area contributed by atoms with Gasteiger partial charge in [-0.2, -0.15) is 0 Å². The lowest BCUT2D eigenvalue weighted by molar-refractivity contribution is -0.114. The SMILES string of the molecule is Cl.Cl.NCC(=O)Nc1ccccc1C(=O)c1cc(Br)ccn1. The summed E-state index contributed by atoms with van der Waals surface area (Å²) in [6, 6.07) is 10.1. The van der Waals surface area contributed by atoms with Crippen LogP contribution in [-0.2, 0) is 4.79 Å². The standard InChI is InChI=1S/C14H12BrN3O2.2ClH/c15-9-5-6-17-12(7-9)14(20)10-3-1-2-4-11(10)18-13(19)8-16;;/h1-7H,8,16H2,(H,18,19);2*1H. The van der Waals surface area contributed by atoms with Gasteiger partial charge in [0.15, 0.2) is 0 Å². The van der Waals surface area contributed by atoms with Crippen LogP contribution in [0.4, 0.5) is 5.69 Å². The van der Waals surface area contributed by atoms with Gasteiger partial charge in [0.2, 0.25) is 11.7 Å². The molecule has 2 aromatic rings. The number of nitrogens with two attached hydrogens (primary N) is 1. The molecule has 2 rings (SSSR count). The van der Waals surface area contributed by atoms with Gasteiger partial charge in [0.1, 0.15) is 5.69 Å². The number of hydrogen-bond acceptors (Lipinski definition) is 4. The van der Waals surface area contributed by atoms with Crippen LogP contribution in [0.25, 0.3) is 0 Å². The number of amides is 1. The van der Waals surface area contributed by atoms with Crippen molar-refractivity contribution in [2.75, 3.05) is 11.9 Å². The first-order valence-corrected chi connectivity index (χ1v) is 6.66. The Balaban J connectivity index is 0.00000220. The minimum atomic E-state index is -0.354. The van der Waals surface area contributed by atoms with Crippen molar-refractivity contribution in [2.24, 2.45) is 5.73 Å². The fourth-order valence-electron chi connectivity index (χ4n) is 1.66. The van der Waals surface area contributed by atoms with Crippen LogP contribution in [0.1, 0.15) is 16.1 Å². The molecular weight excluding hydrogens is 393 g/mol. The predicted molar refractivity (Wildman–Crippen MR) is 94.0 cm³/mol. The quantitative estimate of drug-likeness (QED) is 0.764. The highest BCUT2D eigenvalue weighted by molar-refractivity contribution is 9.10. The molecular formula is C14H14BrCl2N3O2. The van der Waals surface area contributed by atoms with Gasteiger partial charge in [-0.15, -0.1) is 24.8 Å². The summed E-state index contributed by atoms with van der Waals surface area (Å²) < 4.78 is 0.763. The zero-order valence-electron chi connectivity index (χ0n) is 11.3. The summed E-state index contributed by atoms with van der Waals surface area (Å²) in [6.45, 7) is -0.141. The van der Waals surface area contributed by atoms with Crippen LogP contribution >= 0.6 is 40.7 Å². The van der Waals surface area contributed by atoms with E-state index in [0.29, 0.717) is 16.9 Å². The first-order chi connectivity index (χ1) is 9.61. The highest BCUT2D eigenvalue weighted by Crippen LogP contribution is 2.19. The second kappa shape index (κ2) is 9.53. The van der Waals surface area contributed by atoms with E-state index >= 15 is 0 Å². The molecule has 1 heterocycles. The third-order valence-corrected chi connectivity index (χ3v) is 3.08. The van der Waals surface area contributed by atoms with Crippen LogP contribution in [0.15, 0.2) is 47.1 Å². The number of pyridine rings is 1. The molecule has 0 radical (unpaired) electrons. The summed E-state index contributed by atoms with van der Waals surface area (Å²) in [7, 11) is 0. The van der Waals surface area contributed by atoms with E-state index in [1.807, 2.05) is 0 Å². The molecule has 3 N–H and O–H groups in total. The van der Waals surface area contributed by atoms with Gasteiger partial charge in [-0.1, -0.05) is 28.1 Å². The minimum absolute atomic E-state index is 0. The number of benzene rings is 1. The second-order valence-electron chi connectivity index (χ2n) is 3.99. The van der Waals surface area contributed by atoms with Crippen molar-refractivity contribution in [3.8, 4) is 0 Å². The molecule has 0 atom stereocenters. The summed E-state index contributed by atoms with van der Waals surface area (Å²) >= 11 is 3.29. The van der Waals surface area contributed by atoms with Crippen molar-refractivity contribution in [3.63, 3.8) is 0 Å². The van der Waals surface area contributed by atoms with Crippen LogP contribution in [-0.4, -0.2) is 23.2 Å². The molecule has 0 aliphatic rings. The van der Waals surface area contributed by atoms with E-state index in [0.717, 1.165) is 4.47 Å². The topological polar surface area (TPSA) is 85.1 Å². The zero-order valence-corrected chi connectivity index (χ0v) is 14.5. The molecule has 22 heavy (non-hydrogen) atoms. The van der Waals surface area contributed by atoms with Gasteiger partial charge < -0.3 is 11.1 Å². The Labute approximate surface area is 148 Å². The van der Waals surface area contributed by atoms with Gasteiger partial charge >= 0.3 is 0 Å². The van der Waals surface area contributed by atoms with E-state index in [2.05, 4.69) is 26.2 Å². The first-order valence-electron chi connectivity index (χ1n) is 5.87. The Kier molecular flexibility index (Phi) is 8.89. The maximum atomic E-state index is 12.4. The summed E-state index contributed by atoms with van der Waals surface area (Å²) in [4.78, 5) is 27.8. The van der Waals surface area contributed by atoms with E-state index in [1.54, 1.807) is 42.6 Å². The third kappa shape index (κ3) is 5.06. The number of hydrogen-bond donors (Lipinski definition) is 2. The van der Waals surface area contributed by atoms with Crippen LogP contribution < -0.4 is 11.1 Å². The molecule has 1 aromatic carbocycles. The highest BCUT2D eigenvalue weighted by Gasteiger charge is 2.15. The van der Waals surface area contributed by atoms with Gasteiger partial charge in [-0.25, -0.2) is 0 Å². The maximum absolute atomic E-state index is 12.4. The Morgan fingerprint density at radius 1 is 1.18 bits per heavy atom. The lowest BCUT2D eigenvalue weighted by atomic mass is 10.1. The van der Waals surface area contributed by atoms with E-state index in [4.69, 9.17) is 5.73 Å². The van der Waals surface area contributed by atoms with E-state index in [9.17, 15) is 9.59 Å². The van der Waals surface area contributed by atoms with Crippen molar-refractivity contribution in [2.45, 2.75) is 0 Å². The number of carbonyl (C=O) groups excluding carboxylic acids is 2. The average molecular weight is 407 g/mol. The smallest absolute Gasteiger partial charge is 0.238 e. The van der Waals surface area contributed by atoms with Gasteiger partial charge in [0.25, 0.3) is 0 Å². The highest BCUT2D eigenvalue weighted by atomic mass is 79.9. The Morgan fingerprint density at radius 3 is 2.50 bits per heavy atom. The Hall–Kier alpha value is -1.47. The number of anilines is 1. The fourth-order valence-corrected chi connectivity index (χ4v) is 1.99. The molecule has 118 valence electrons. The largest absolute Gasteiger partial charge is 0.324 e.